The van der Waals surface area contributed by atoms with Crippen LogP contribution in [0.25, 0.3) is 0 Å². The number of quaternary nitrogens is 1. The Bertz CT molecular complexity index is 188. The average Bonchev–Trinajstić information content (AvgIpc) is 2.29. The van der Waals surface area contributed by atoms with Crippen molar-refractivity contribution in [2.75, 3.05) is 39.3 Å². The van der Waals surface area contributed by atoms with E-state index in [0.29, 0.717) is 0 Å². The second-order valence-electron chi connectivity index (χ2n) is 4.18. The first-order chi connectivity index (χ1) is 7.27. The molecular formula is C11H24N3O+. The maximum Gasteiger partial charge on any atom is 0.317 e. The van der Waals surface area contributed by atoms with Crippen LogP contribution in [-0.2, 0) is 0 Å². The number of urea groups is 1. The molecule has 1 rings (SSSR count). The molecule has 0 aliphatic carbocycles. The number of rotatable bonds is 4. The van der Waals surface area contributed by atoms with Crippen molar-refractivity contribution >= 4 is 6.03 Å². The van der Waals surface area contributed by atoms with Crippen molar-refractivity contribution in [3.63, 3.8) is 0 Å². The number of carbonyl (C=O) groups excluding carboxylic acids is 1. The first-order valence-corrected chi connectivity index (χ1v) is 6.14. The Morgan fingerprint density at radius 3 is 2.53 bits per heavy atom. The Labute approximate surface area is 92.6 Å². The molecule has 1 saturated heterocycles. The summed E-state index contributed by atoms with van der Waals surface area (Å²) in [7, 11) is 0. The van der Waals surface area contributed by atoms with Crippen molar-refractivity contribution < 1.29 is 9.69 Å². The van der Waals surface area contributed by atoms with Gasteiger partial charge in [-0.3, -0.25) is 0 Å². The van der Waals surface area contributed by atoms with Gasteiger partial charge in [-0.2, -0.15) is 0 Å². The zero-order chi connectivity index (χ0) is 11.1. The molecule has 1 heterocycles. The minimum Gasteiger partial charge on any atom is -0.338 e. The van der Waals surface area contributed by atoms with E-state index in [1.54, 1.807) is 4.90 Å². The largest absolute Gasteiger partial charge is 0.338 e. The van der Waals surface area contributed by atoms with Gasteiger partial charge in [0.1, 0.15) is 0 Å². The van der Waals surface area contributed by atoms with E-state index in [9.17, 15) is 4.79 Å². The SMILES string of the molecule is CCCCNC(=O)N1CC[NH+](CC)CC1. The van der Waals surface area contributed by atoms with Crippen LogP contribution in [0.3, 0.4) is 0 Å². The van der Waals surface area contributed by atoms with E-state index in [-0.39, 0.29) is 6.03 Å². The van der Waals surface area contributed by atoms with Crippen LogP contribution in [0.15, 0.2) is 0 Å². The van der Waals surface area contributed by atoms with Gasteiger partial charge in [0.25, 0.3) is 0 Å². The molecule has 0 spiro atoms. The maximum absolute atomic E-state index is 11.7. The summed E-state index contributed by atoms with van der Waals surface area (Å²) in [6.45, 7) is 10.3. The highest BCUT2D eigenvalue weighted by molar-refractivity contribution is 5.74. The number of unbranched alkanes of at least 4 members (excludes halogenated alkanes) is 1. The summed E-state index contributed by atoms with van der Waals surface area (Å²) in [5.74, 6) is 0. The van der Waals surface area contributed by atoms with Gasteiger partial charge < -0.3 is 15.1 Å². The lowest BCUT2D eigenvalue weighted by molar-refractivity contribution is -0.902. The summed E-state index contributed by atoms with van der Waals surface area (Å²) in [5.41, 5.74) is 0. The summed E-state index contributed by atoms with van der Waals surface area (Å²) >= 11 is 0. The minimum absolute atomic E-state index is 0.124. The van der Waals surface area contributed by atoms with E-state index in [4.69, 9.17) is 0 Å². The average molecular weight is 214 g/mol. The highest BCUT2D eigenvalue weighted by atomic mass is 16.2. The second-order valence-corrected chi connectivity index (χ2v) is 4.18. The number of hydrogen-bond donors (Lipinski definition) is 2. The molecule has 1 aliphatic rings. The summed E-state index contributed by atoms with van der Waals surface area (Å²) in [6.07, 6.45) is 2.21. The molecule has 15 heavy (non-hydrogen) atoms. The summed E-state index contributed by atoms with van der Waals surface area (Å²) in [6, 6.07) is 0.124. The summed E-state index contributed by atoms with van der Waals surface area (Å²) in [5, 5.41) is 2.96. The van der Waals surface area contributed by atoms with Crippen LogP contribution in [-0.4, -0.2) is 50.2 Å². The zero-order valence-corrected chi connectivity index (χ0v) is 10.0. The van der Waals surface area contributed by atoms with Crippen LogP contribution in [0, 0.1) is 0 Å². The highest BCUT2D eigenvalue weighted by Gasteiger charge is 2.21. The van der Waals surface area contributed by atoms with E-state index < -0.39 is 0 Å². The lowest BCUT2D eigenvalue weighted by Gasteiger charge is -2.31. The quantitative estimate of drug-likeness (QED) is 0.620. The number of piperazine rings is 1. The van der Waals surface area contributed by atoms with Crippen molar-refractivity contribution in [2.24, 2.45) is 0 Å². The number of nitrogens with one attached hydrogen (secondary N) is 2. The second kappa shape index (κ2) is 6.67. The third-order valence-electron chi connectivity index (χ3n) is 3.06. The number of nitrogens with zero attached hydrogens (tertiary/aromatic N) is 1. The molecule has 0 aromatic heterocycles. The standard InChI is InChI=1S/C11H23N3O/c1-3-5-6-12-11(15)14-9-7-13(4-2)8-10-14/h3-10H2,1-2H3,(H,12,15)/p+1. The summed E-state index contributed by atoms with van der Waals surface area (Å²) < 4.78 is 0. The molecule has 1 aliphatic heterocycles. The monoisotopic (exact) mass is 214 g/mol. The van der Waals surface area contributed by atoms with Gasteiger partial charge in [0.2, 0.25) is 0 Å². The summed E-state index contributed by atoms with van der Waals surface area (Å²) in [4.78, 5) is 15.2. The predicted molar refractivity (Wildman–Crippen MR) is 61.1 cm³/mol. The van der Waals surface area contributed by atoms with Crippen molar-refractivity contribution in [3.8, 4) is 0 Å². The molecule has 0 aromatic rings. The van der Waals surface area contributed by atoms with Crippen molar-refractivity contribution in [1.29, 1.82) is 0 Å². The van der Waals surface area contributed by atoms with E-state index >= 15 is 0 Å². The zero-order valence-electron chi connectivity index (χ0n) is 10.0. The molecular weight excluding hydrogens is 190 g/mol. The van der Waals surface area contributed by atoms with Gasteiger partial charge in [0, 0.05) is 6.54 Å². The molecule has 4 nitrogen and oxygen atoms in total. The Hall–Kier alpha value is -0.770. The fourth-order valence-electron chi connectivity index (χ4n) is 1.86. The number of carbonyl (C=O) groups is 1. The Kier molecular flexibility index (Phi) is 5.47. The number of amides is 2. The van der Waals surface area contributed by atoms with Crippen LogP contribution in [0.5, 0.6) is 0 Å². The number of likely N-dealkylation sites (N-methyl/N-ethyl adjacent to an activating group) is 1. The van der Waals surface area contributed by atoms with Gasteiger partial charge in [0.15, 0.2) is 0 Å². The Morgan fingerprint density at radius 1 is 1.33 bits per heavy atom. The topological polar surface area (TPSA) is 36.8 Å². The number of hydrogen-bond acceptors (Lipinski definition) is 1. The van der Waals surface area contributed by atoms with Gasteiger partial charge in [0.05, 0.1) is 32.7 Å². The van der Waals surface area contributed by atoms with E-state index in [2.05, 4.69) is 19.2 Å². The first kappa shape index (κ1) is 12.3. The van der Waals surface area contributed by atoms with Crippen LogP contribution < -0.4 is 10.2 Å². The van der Waals surface area contributed by atoms with Crippen molar-refractivity contribution in [3.05, 3.63) is 0 Å². The smallest absolute Gasteiger partial charge is 0.317 e. The fraction of sp³-hybridized carbons (Fsp3) is 0.909. The molecule has 2 amide bonds. The van der Waals surface area contributed by atoms with Crippen LogP contribution in [0.4, 0.5) is 4.79 Å². The van der Waals surface area contributed by atoms with Gasteiger partial charge in [-0.15, -0.1) is 0 Å². The van der Waals surface area contributed by atoms with Crippen LogP contribution in [0.1, 0.15) is 26.7 Å². The van der Waals surface area contributed by atoms with Crippen molar-refractivity contribution in [2.45, 2.75) is 26.7 Å². The van der Waals surface area contributed by atoms with E-state index in [1.165, 1.54) is 6.54 Å². The van der Waals surface area contributed by atoms with Gasteiger partial charge in [-0.05, 0) is 13.3 Å². The fourth-order valence-corrected chi connectivity index (χ4v) is 1.86. The Morgan fingerprint density at radius 2 is 2.00 bits per heavy atom. The molecule has 88 valence electrons. The van der Waals surface area contributed by atoms with Gasteiger partial charge in [-0.25, -0.2) is 4.79 Å². The predicted octanol–water partition coefficient (Wildman–Crippen LogP) is -0.283. The van der Waals surface area contributed by atoms with E-state index in [1.807, 2.05) is 4.90 Å². The molecule has 0 radical (unpaired) electrons. The van der Waals surface area contributed by atoms with Gasteiger partial charge in [-0.1, -0.05) is 13.3 Å². The van der Waals surface area contributed by atoms with E-state index in [0.717, 1.165) is 45.6 Å². The third-order valence-corrected chi connectivity index (χ3v) is 3.06. The normalized spacial score (nSPS) is 17.9. The molecule has 2 N–H and O–H groups in total. The van der Waals surface area contributed by atoms with Crippen LogP contribution in [0.2, 0.25) is 0 Å². The maximum atomic E-state index is 11.7. The molecule has 1 fully saturated rings. The first-order valence-electron chi connectivity index (χ1n) is 6.14. The highest BCUT2D eigenvalue weighted by Crippen LogP contribution is 1.91. The van der Waals surface area contributed by atoms with Gasteiger partial charge >= 0.3 is 6.03 Å². The molecule has 0 aromatic carbocycles. The van der Waals surface area contributed by atoms with Crippen molar-refractivity contribution in [1.82, 2.24) is 10.2 Å². The minimum atomic E-state index is 0.124. The third kappa shape index (κ3) is 4.08. The molecule has 0 unspecified atom stereocenters. The molecule has 0 atom stereocenters. The lowest BCUT2D eigenvalue weighted by Crippen LogP contribution is -3.14. The molecule has 0 saturated carbocycles. The lowest BCUT2D eigenvalue weighted by atomic mass is 10.3. The molecule has 4 heteroatoms. The Balaban J connectivity index is 2.18. The van der Waals surface area contributed by atoms with Crippen LogP contribution >= 0.6 is 0 Å². The molecule has 0 bridgehead atoms.